The summed E-state index contributed by atoms with van der Waals surface area (Å²) in [7, 11) is 1.63. The van der Waals surface area contributed by atoms with Crippen LogP contribution in [0.25, 0.3) is 0 Å². The van der Waals surface area contributed by atoms with Gasteiger partial charge in [0.1, 0.15) is 6.33 Å². The summed E-state index contributed by atoms with van der Waals surface area (Å²) in [5.41, 5.74) is 1.18. The van der Waals surface area contributed by atoms with Crippen molar-refractivity contribution in [3.8, 4) is 5.75 Å². The number of hydrogen-bond donors (Lipinski definition) is 2. The van der Waals surface area contributed by atoms with Crippen LogP contribution >= 0.6 is 0 Å². The van der Waals surface area contributed by atoms with Crippen molar-refractivity contribution in [2.45, 2.75) is 19.8 Å². The SMILES string of the molecule is CCCNc1ncnc(NCCc2cccnc2)c1OC. The van der Waals surface area contributed by atoms with Crippen molar-refractivity contribution >= 4 is 11.6 Å². The number of pyridine rings is 1. The summed E-state index contributed by atoms with van der Waals surface area (Å²) in [5.74, 6) is 2.07. The van der Waals surface area contributed by atoms with E-state index < -0.39 is 0 Å². The van der Waals surface area contributed by atoms with E-state index in [2.05, 4.69) is 38.6 Å². The molecule has 0 aliphatic rings. The Kier molecular flexibility index (Phi) is 5.75. The molecular weight excluding hydrogens is 266 g/mol. The molecule has 2 rings (SSSR count). The predicted octanol–water partition coefficient (Wildman–Crippen LogP) is 2.36. The summed E-state index contributed by atoms with van der Waals surface area (Å²) in [6.07, 6.45) is 7.08. The summed E-state index contributed by atoms with van der Waals surface area (Å²) in [6, 6.07) is 3.99. The number of aromatic nitrogens is 3. The van der Waals surface area contributed by atoms with Gasteiger partial charge in [-0.1, -0.05) is 13.0 Å². The summed E-state index contributed by atoms with van der Waals surface area (Å²) in [5, 5.41) is 6.52. The second-order valence-corrected chi connectivity index (χ2v) is 4.57. The third kappa shape index (κ3) is 4.30. The molecule has 0 bridgehead atoms. The molecule has 0 amide bonds. The van der Waals surface area contributed by atoms with Gasteiger partial charge in [-0.05, 0) is 24.5 Å². The highest BCUT2D eigenvalue weighted by molar-refractivity contribution is 5.63. The van der Waals surface area contributed by atoms with E-state index in [0.29, 0.717) is 11.6 Å². The smallest absolute Gasteiger partial charge is 0.204 e. The van der Waals surface area contributed by atoms with Crippen LogP contribution in [-0.4, -0.2) is 35.2 Å². The summed E-state index contributed by atoms with van der Waals surface area (Å²) in [6.45, 7) is 3.71. The number of anilines is 2. The van der Waals surface area contributed by atoms with Crippen molar-refractivity contribution in [1.29, 1.82) is 0 Å². The molecule has 0 unspecified atom stereocenters. The maximum Gasteiger partial charge on any atom is 0.204 e. The van der Waals surface area contributed by atoms with Gasteiger partial charge in [-0.25, -0.2) is 9.97 Å². The van der Waals surface area contributed by atoms with Crippen LogP contribution in [0.3, 0.4) is 0 Å². The zero-order chi connectivity index (χ0) is 14.9. The Balaban J connectivity index is 1.98. The van der Waals surface area contributed by atoms with Crippen molar-refractivity contribution in [3.63, 3.8) is 0 Å². The van der Waals surface area contributed by atoms with Crippen LogP contribution in [0.1, 0.15) is 18.9 Å². The zero-order valence-corrected chi connectivity index (χ0v) is 12.5. The Hall–Kier alpha value is -2.37. The van der Waals surface area contributed by atoms with E-state index >= 15 is 0 Å². The van der Waals surface area contributed by atoms with Crippen LogP contribution in [0.5, 0.6) is 5.75 Å². The largest absolute Gasteiger partial charge is 0.490 e. The van der Waals surface area contributed by atoms with Crippen LogP contribution in [0.2, 0.25) is 0 Å². The first-order chi connectivity index (χ1) is 10.3. The predicted molar refractivity (Wildman–Crippen MR) is 83.8 cm³/mol. The molecule has 21 heavy (non-hydrogen) atoms. The molecule has 0 spiro atoms. The lowest BCUT2D eigenvalue weighted by Gasteiger charge is -2.13. The van der Waals surface area contributed by atoms with E-state index in [9.17, 15) is 0 Å². The molecule has 2 heterocycles. The lowest BCUT2D eigenvalue weighted by Crippen LogP contribution is -2.11. The summed E-state index contributed by atoms with van der Waals surface area (Å²) >= 11 is 0. The van der Waals surface area contributed by atoms with Crippen LogP contribution in [-0.2, 0) is 6.42 Å². The minimum Gasteiger partial charge on any atom is -0.490 e. The van der Waals surface area contributed by atoms with Crippen molar-refractivity contribution in [3.05, 3.63) is 36.4 Å². The van der Waals surface area contributed by atoms with E-state index in [1.165, 1.54) is 11.9 Å². The summed E-state index contributed by atoms with van der Waals surface area (Å²) in [4.78, 5) is 12.6. The quantitative estimate of drug-likeness (QED) is 0.776. The fourth-order valence-electron chi connectivity index (χ4n) is 1.93. The molecule has 2 N–H and O–H groups in total. The normalized spacial score (nSPS) is 10.2. The zero-order valence-electron chi connectivity index (χ0n) is 12.5. The number of ether oxygens (including phenoxy) is 1. The Labute approximate surface area is 125 Å². The van der Waals surface area contributed by atoms with Crippen LogP contribution < -0.4 is 15.4 Å². The van der Waals surface area contributed by atoms with Crippen molar-refractivity contribution < 1.29 is 4.74 Å². The fourth-order valence-corrected chi connectivity index (χ4v) is 1.93. The fraction of sp³-hybridized carbons (Fsp3) is 0.400. The molecule has 0 fully saturated rings. The molecule has 0 saturated carbocycles. The van der Waals surface area contributed by atoms with Crippen LogP contribution in [0.4, 0.5) is 11.6 Å². The van der Waals surface area contributed by atoms with Gasteiger partial charge in [0.2, 0.25) is 5.75 Å². The number of nitrogens with zero attached hydrogens (tertiary/aromatic N) is 3. The van der Waals surface area contributed by atoms with Gasteiger partial charge in [0, 0.05) is 25.5 Å². The van der Waals surface area contributed by atoms with E-state index in [4.69, 9.17) is 4.74 Å². The number of rotatable bonds is 8. The molecule has 0 aliphatic carbocycles. The average molecular weight is 287 g/mol. The molecule has 0 radical (unpaired) electrons. The second-order valence-electron chi connectivity index (χ2n) is 4.57. The Bertz CT molecular complexity index is 547. The maximum absolute atomic E-state index is 5.41. The lowest BCUT2D eigenvalue weighted by atomic mass is 10.2. The van der Waals surface area contributed by atoms with Gasteiger partial charge in [0.25, 0.3) is 0 Å². The van der Waals surface area contributed by atoms with Gasteiger partial charge in [-0.3, -0.25) is 4.98 Å². The molecular formula is C15H21N5O. The monoisotopic (exact) mass is 287 g/mol. The highest BCUT2D eigenvalue weighted by Crippen LogP contribution is 2.28. The molecule has 0 aromatic carbocycles. The topological polar surface area (TPSA) is 72.0 Å². The molecule has 0 atom stereocenters. The second kappa shape index (κ2) is 8.04. The highest BCUT2D eigenvalue weighted by Gasteiger charge is 2.11. The van der Waals surface area contributed by atoms with Crippen molar-refractivity contribution in [2.75, 3.05) is 30.8 Å². The number of nitrogens with one attached hydrogen (secondary N) is 2. The van der Waals surface area contributed by atoms with E-state index in [1.54, 1.807) is 13.3 Å². The maximum atomic E-state index is 5.41. The van der Waals surface area contributed by atoms with Gasteiger partial charge < -0.3 is 15.4 Å². The van der Waals surface area contributed by atoms with Gasteiger partial charge in [0.05, 0.1) is 7.11 Å². The van der Waals surface area contributed by atoms with Gasteiger partial charge in [0.15, 0.2) is 11.6 Å². The first kappa shape index (κ1) is 15.0. The molecule has 6 nitrogen and oxygen atoms in total. The minimum atomic E-state index is 0.650. The van der Waals surface area contributed by atoms with Gasteiger partial charge >= 0.3 is 0 Å². The first-order valence-electron chi connectivity index (χ1n) is 7.10. The van der Waals surface area contributed by atoms with Crippen molar-refractivity contribution in [1.82, 2.24) is 15.0 Å². The average Bonchev–Trinajstić information content (AvgIpc) is 2.54. The van der Waals surface area contributed by atoms with Gasteiger partial charge in [-0.15, -0.1) is 0 Å². The summed E-state index contributed by atoms with van der Waals surface area (Å²) < 4.78 is 5.41. The number of methoxy groups -OCH3 is 1. The highest BCUT2D eigenvalue weighted by atomic mass is 16.5. The molecule has 2 aromatic rings. The standard InChI is InChI=1S/C15H21N5O/c1-3-7-17-14-13(21-2)15(20-11-19-14)18-9-6-12-5-4-8-16-10-12/h4-5,8,10-11H,3,6-7,9H2,1-2H3,(H2,17,18,19,20). The third-order valence-corrected chi connectivity index (χ3v) is 2.98. The Morgan fingerprint density at radius 1 is 1.14 bits per heavy atom. The molecule has 0 aliphatic heterocycles. The first-order valence-corrected chi connectivity index (χ1v) is 7.10. The van der Waals surface area contributed by atoms with Gasteiger partial charge in [-0.2, -0.15) is 0 Å². The van der Waals surface area contributed by atoms with Crippen LogP contribution in [0, 0.1) is 0 Å². The molecule has 2 aromatic heterocycles. The van der Waals surface area contributed by atoms with E-state index in [1.807, 2.05) is 12.3 Å². The Morgan fingerprint density at radius 2 is 1.90 bits per heavy atom. The number of hydrogen-bond acceptors (Lipinski definition) is 6. The van der Waals surface area contributed by atoms with Crippen molar-refractivity contribution in [2.24, 2.45) is 0 Å². The minimum absolute atomic E-state index is 0.650. The Morgan fingerprint density at radius 3 is 2.52 bits per heavy atom. The van der Waals surface area contributed by atoms with E-state index in [-0.39, 0.29) is 0 Å². The third-order valence-electron chi connectivity index (χ3n) is 2.98. The molecule has 0 saturated heterocycles. The van der Waals surface area contributed by atoms with E-state index in [0.717, 1.165) is 31.7 Å². The molecule has 112 valence electrons. The molecule has 6 heteroatoms. The lowest BCUT2D eigenvalue weighted by molar-refractivity contribution is 0.414. The van der Waals surface area contributed by atoms with Crippen LogP contribution in [0.15, 0.2) is 30.9 Å².